The highest BCUT2D eigenvalue weighted by Gasteiger charge is 2.20. The highest BCUT2D eigenvalue weighted by Crippen LogP contribution is 2.29. The first kappa shape index (κ1) is 22.2. The summed E-state index contributed by atoms with van der Waals surface area (Å²) in [6, 6.07) is 7.17. The zero-order valence-corrected chi connectivity index (χ0v) is 19.2. The molecule has 0 spiro atoms. The number of methoxy groups -OCH3 is 1. The molecule has 1 N–H and O–H groups in total. The Morgan fingerprint density at radius 1 is 1.22 bits per heavy atom. The number of benzene rings is 1. The first-order valence-electron chi connectivity index (χ1n) is 10.8. The van der Waals surface area contributed by atoms with Crippen LogP contribution in [0.1, 0.15) is 19.8 Å². The molecule has 10 heteroatoms. The van der Waals surface area contributed by atoms with Crippen molar-refractivity contribution in [3.63, 3.8) is 0 Å². The summed E-state index contributed by atoms with van der Waals surface area (Å²) in [5.41, 5.74) is 0.805. The maximum atomic E-state index is 12.2. The third kappa shape index (κ3) is 5.24. The largest absolute Gasteiger partial charge is 0.497 e. The Labute approximate surface area is 191 Å². The van der Waals surface area contributed by atoms with Crippen LogP contribution in [0.2, 0.25) is 0 Å². The van der Waals surface area contributed by atoms with E-state index in [1.54, 1.807) is 31.0 Å². The fraction of sp³-hybridized carbons (Fsp3) is 0.455. The van der Waals surface area contributed by atoms with Gasteiger partial charge in [-0.25, -0.2) is 14.6 Å². The number of hydrogen-bond acceptors (Lipinski definition) is 8. The average Bonchev–Trinajstić information content (AvgIpc) is 3.48. The zero-order valence-electron chi connectivity index (χ0n) is 18.4. The number of anilines is 1. The number of amides is 1. The van der Waals surface area contributed by atoms with Crippen molar-refractivity contribution < 1.29 is 14.3 Å². The maximum absolute atomic E-state index is 12.2. The van der Waals surface area contributed by atoms with Gasteiger partial charge in [-0.05, 0) is 30.7 Å². The molecule has 2 aromatic heterocycles. The van der Waals surface area contributed by atoms with Gasteiger partial charge in [0, 0.05) is 25.7 Å². The molecule has 1 amide bonds. The van der Waals surface area contributed by atoms with Crippen molar-refractivity contribution in [3.8, 4) is 11.5 Å². The van der Waals surface area contributed by atoms with Gasteiger partial charge in [-0.1, -0.05) is 24.8 Å². The monoisotopic (exact) mass is 456 g/mol. The molecule has 0 aliphatic carbocycles. The number of ether oxygens (including phenoxy) is 2. The van der Waals surface area contributed by atoms with Crippen LogP contribution >= 0.6 is 11.8 Å². The molecule has 1 aliphatic heterocycles. The minimum absolute atomic E-state index is 0.0639. The van der Waals surface area contributed by atoms with Gasteiger partial charge in [0.15, 0.2) is 17.4 Å². The number of nitrogens with one attached hydrogen (secondary N) is 1. The number of carbonyl (C=O) groups excluding carboxylic acids is 1. The Morgan fingerprint density at radius 2 is 2.03 bits per heavy atom. The zero-order chi connectivity index (χ0) is 22.3. The minimum Gasteiger partial charge on any atom is -0.497 e. The Kier molecular flexibility index (Phi) is 7.31. The molecular formula is C22H28N6O3S. The van der Waals surface area contributed by atoms with E-state index in [1.807, 2.05) is 23.0 Å². The van der Waals surface area contributed by atoms with E-state index in [2.05, 4.69) is 22.2 Å². The van der Waals surface area contributed by atoms with Crippen molar-refractivity contribution in [1.82, 2.24) is 25.1 Å². The predicted molar refractivity (Wildman–Crippen MR) is 125 cm³/mol. The van der Waals surface area contributed by atoms with E-state index in [9.17, 15) is 4.79 Å². The van der Waals surface area contributed by atoms with Gasteiger partial charge < -0.3 is 19.7 Å². The number of aromatic nitrogens is 4. The molecule has 0 bridgehead atoms. The fourth-order valence-electron chi connectivity index (χ4n) is 3.64. The SMILES string of the molecule is CCSc1nc(N2CCCC2)c2cnn(CCNC(=O)COc3cccc(OC)c3)c2n1. The van der Waals surface area contributed by atoms with E-state index in [0.717, 1.165) is 40.9 Å². The molecule has 3 aromatic rings. The van der Waals surface area contributed by atoms with E-state index in [4.69, 9.17) is 19.4 Å². The summed E-state index contributed by atoms with van der Waals surface area (Å²) in [5.74, 6) is 2.95. The number of thioether (sulfide) groups is 1. The quantitative estimate of drug-likeness (QED) is 0.368. The molecule has 9 nitrogen and oxygen atoms in total. The number of fused-ring (bicyclic) bond motifs is 1. The maximum Gasteiger partial charge on any atom is 0.258 e. The third-order valence-electron chi connectivity index (χ3n) is 5.19. The van der Waals surface area contributed by atoms with Gasteiger partial charge in [0.25, 0.3) is 5.91 Å². The van der Waals surface area contributed by atoms with Crippen LogP contribution < -0.4 is 19.7 Å². The van der Waals surface area contributed by atoms with Crippen molar-refractivity contribution in [1.29, 1.82) is 0 Å². The lowest BCUT2D eigenvalue weighted by Gasteiger charge is -2.17. The van der Waals surface area contributed by atoms with E-state index >= 15 is 0 Å². The van der Waals surface area contributed by atoms with E-state index in [-0.39, 0.29) is 12.5 Å². The van der Waals surface area contributed by atoms with Crippen LogP contribution in [0, 0.1) is 0 Å². The summed E-state index contributed by atoms with van der Waals surface area (Å²) in [6.07, 6.45) is 4.19. The Morgan fingerprint density at radius 3 is 2.81 bits per heavy atom. The minimum atomic E-state index is -0.195. The molecular weight excluding hydrogens is 428 g/mol. The summed E-state index contributed by atoms with van der Waals surface area (Å²) >= 11 is 1.63. The van der Waals surface area contributed by atoms with Gasteiger partial charge in [-0.2, -0.15) is 5.10 Å². The summed E-state index contributed by atoms with van der Waals surface area (Å²) in [4.78, 5) is 24.0. The van der Waals surface area contributed by atoms with Crippen LogP contribution in [-0.4, -0.2) is 64.8 Å². The number of nitrogens with zero attached hydrogens (tertiary/aromatic N) is 5. The van der Waals surface area contributed by atoms with Gasteiger partial charge in [0.1, 0.15) is 17.3 Å². The predicted octanol–water partition coefficient (Wildman–Crippen LogP) is 2.74. The van der Waals surface area contributed by atoms with Gasteiger partial charge in [-0.3, -0.25) is 4.79 Å². The second-order valence-corrected chi connectivity index (χ2v) is 8.61. The highest BCUT2D eigenvalue weighted by molar-refractivity contribution is 7.99. The Balaban J connectivity index is 1.38. The van der Waals surface area contributed by atoms with Crippen LogP contribution in [0.5, 0.6) is 11.5 Å². The smallest absolute Gasteiger partial charge is 0.258 e. The number of hydrogen-bond donors (Lipinski definition) is 1. The topological polar surface area (TPSA) is 94.4 Å². The number of carbonyl (C=O) groups is 1. The summed E-state index contributed by atoms with van der Waals surface area (Å²) in [6.45, 7) is 4.99. The highest BCUT2D eigenvalue weighted by atomic mass is 32.2. The summed E-state index contributed by atoms with van der Waals surface area (Å²) in [5, 5.41) is 9.12. The molecule has 170 valence electrons. The third-order valence-corrected chi connectivity index (χ3v) is 5.92. The Hall–Kier alpha value is -3.01. The molecule has 0 saturated carbocycles. The van der Waals surface area contributed by atoms with Crippen LogP contribution in [-0.2, 0) is 11.3 Å². The van der Waals surface area contributed by atoms with E-state index in [0.29, 0.717) is 24.6 Å². The van der Waals surface area contributed by atoms with Crippen LogP contribution in [0.3, 0.4) is 0 Å². The van der Waals surface area contributed by atoms with E-state index in [1.165, 1.54) is 12.8 Å². The van der Waals surface area contributed by atoms with E-state index < -0.39 is 0 Å². The summed E-state index contributed by atoms with van der Waals surface area (Å²) < 4.78 is 12.5. The lowest BCUT2D eigenvalue weighted by atomic mass is 10.3. The molecule has 0 unspecified atom stereocenters. The van der Waals surface area contributed by atoms with Gasteiger partial charge >= 0.3 is 0 Å². The van der Waals surface area contributed by atoms with Gasteiger partial charge in [0.2, 0.25) is 0 Å². The second-order valence-electron chi connectivity index (χ2n) is 7.38. The van der Waals surface area contributed by atoms with Gasteiger partial charge in [0.05, 0.1) is 25.2 Å². The normalized spacial score (nSPS) is 13.5. The lowest BCUT2D eigenvalue weighted by molar-refractivity contribution is -0.123. The first-order valence-corrected chi connectivity index (χ1v) is 11.8. The molecule has 1 aliphatic rings. The summed E-state index contributed by atoms with van der Waals surface area (Å²) in [7, 11) is 1.59. The molecule has 3 heterocycles. The van der Waals surface area contributed by atoms with Crippen LogP contribution in [0.4, 0.5) is 5.82 Å². The molecule has 0 radical (unpaired) electrons. The van der Waals surface area contributed by atoms with Gasteiger partial charge in [-0.15, -0.1) is 0 Å². The van der Waals surface area contributed by atoms with Crippen LogP contribution in [0.25, 0.3) is 11.0 Å². The molecule has 1 aromatic carbocycles. The van der Waals surface area contributed by atoms with Crippen molar-refractivity contribution in [2.75, 3.05) is 44.0 Å². The lowest BCUT2D eigenvalue weighted by Crippen LogP contribution is -2.31. The second kappa shape index (κ2) is 10.5. The van der Waals surface area contributed by atoms with Crippen molar-refractivity contribution in [2.24, 2.45) is 0 Å². The van der Waals surface area contributed by atoms with Crippen LogP contribution in [0.15, 0.2) is 35.6 Å². The average molecular weight is 457 g/mol. The molecule has 1 saturated heterocycles. The standard InChI is InChI=1S/C22H28N6O3S/c1-3-32-22-25-20(27-10-4-5-11-27)18-14-24-28(21(18)26-22)12-9-23-19(29)15-31-17-8-6-7-16(13-17)30-2/h6-8,13-14H,3-5,9-12,15H2,1-2H3,(H,23,29). The molecule has 32 heavy (non-hydrogen) atoms. The molecule has 0 atom stereocenters. The van der Waals surface area contributed by atoms with Crippen molar-refractivity contribution >= 4 is 34.5 Å². The van der Waals surface area contributed by atoms with Crippen molar-refractivity contribution in [3.05, 3.63) is 30.5 Å². The fourth-order valence-corrected chi connectivity index (χ4v) is 4.20. The molecule has 1 fully saturated rings. The van der Waals surface area contributed by atoms with Crippen molar-refractivity contribution in [2.45, 2.75) is 31.5 Å². The molecule has 4 rings (SSSR count). The first-order chi connectivity index (χ1) is 15.7. The Bertz CT molecular complexity index is 1070. The number of rotatable bonds is 10.